The van der Waals surface area contributed by atoms with Gasteiger partial charge in [-0.3, -0.25) is 9.20 Å². The number of fused-ring (bicyclic) bond motifs is 1. The number of imidazole rings is 1. The van der Waals surface area contributed by atoms with Gasteiger partial charge < -0.3 is 19.7 Å². The van der Waals surface area contributed by atoms with Crippen LogP contribution in [0.3, 0.4) is 0 Å². The van der Waals surface area contributed by atoms with E-state index in [1.54, 1.807) is 39.7 Å². The maximum atomic E-state index is 15.3. The molecule has 0 saturated carbocycles. The van der Waals surface area contributed by atoms with E-state index in [0.29, 0.717) is 39.1 Å². The van der Waals surface area contributed by atoms with E-state index in [1.165, 1.54) is 6.07 Å². The fourth-order valence-electron chi connectivity index (χ4n) is 5.23. The number of carbonyl (C=O) groups excluding carboxylic acids is 2. The van der Waals surface area contributed by atoms with E-state index in [2.05, 4.69) is 10.3 Å². The van der Waals surface area contributed by atoms with E-state index in [4.69, 9.17) is 13.7 Å². The number of hydrogen-bond acceptors (Lipinski definition) is 4. The van der Waals surface area contributed by atoms with Gasteiger partial charge in [0.25, 0.3) is 0 Å². The third-order valence-electron chi connectivity index (χ3n) is 6.81. The second kappa shape index (κ2) is 8.47. The Bertz CT molecular complexity index is 2030. The SMILES string of the molecule is [2H]C1([2H])N(C(=O)N2CCn3cc(C4=C(c5cnc6ccccn56)C(=O)CN4)c4cc(F)cc(c43)C2)C([2H])([2H])C([2H])([2H])C([2H])([2H])C1([2H])[2H]. The minimum atomic E-state index is -3.67. The molecule has 1 saturated heterocycles. The van der Waals surface area contributed by atoms with Crippen molar-refractivity contribution in [2.45, 2.75) is 32.2 Å². The highest BCUT2D eigenvalue weighted by Crippen LogP contribution is 2.37. The number of likely N-dealkylation sites (tertiary alicyclic amines) is 1. The Kier molecular flexibility index (Phi) is 3.20. The van der Waals surface area contributed by atoms with Crippen LogP contribution in [-0.4, -0.2) is 61.6 Å². The maximum Gasteiger partial charge on any atom is 0.320 e. The van der Waals surface area contributed by atoms with Crippen LogP contribution >= 0.6 is 0 Å². The molecule has 0 bridgehead atoms. The molecule has 4 aromatic rings. The van der Waals surface area contributed by atoms with Gasteiger partial charge in [-0.2, -0.15) is 0 Å². The number of pyridine rings is 1. The molecule has 1 N–H and O–H groups in total. The second-order valence-electron chi connectivity index (χ2n) is 8.93. The monoisotopic (exact) mass is 508 g/mol. The number of ketones is 1. The first-order valence-electron chi connectivity index (χ1n) is 16.7. The molecule has 1 aromatic carbocycles. The summed E-state index contributed by atoms with van der Waals surface area (Å²) in [5.41, 5.74) is 3.25. The van der Waals surface area contributed by atoms with Gasteiger partial charge >= 0.3 is 6.03 Å². The van der Waals surface area contributed by atoms with E-state index in [9.17, 15) is 9.59 Å². The molecule has 1 fully saturated rings. The zero-order chi connectivity index (χ0) is 34.1. The predicted molar refractivity (Wildman–Crippen MR) is 138 cm³/mol. The molecule has 8 nitrogen and oxygen atoms in total. The summed E-state index contributed by atoms with van der Waals surface area (Å²) in [5, 5.41) is 3.54. The maximum absolute atomic E-state index is 15.3. The van der Waals surface area contributed by atoms with Crippen molar-refractivity contribution in [3.8, 4) is 0 Å². The van der Waals surface area contributed by atoms with Gasteiger partial charge in [0.15, 0.2) is 5.78 Å². The number of carbonyl (C=O) groups is 2. The van der Waals surface area contributed by atoms with Gasteiger partial charge in [0.2, 0.25) is 0 Å². The average molecular weight is 509 g/mol. The predicted octanol–water partition coefficient (Wildman–Crippen LogP) is 3.89. The normalized spacial score (nSPS) is 28.9. The molecule has 0 atom stereocenters. The molecule has 7 rings (SSSR count). The molecule has 3 aromatic heterocycles. The number of amides is 2. The first kappa shape index (κ1) is 14.0. The number of aromatic nitrogens is 3. The highest BCUT2D eigenvalue weighted by molar-refractivity contribution is 6.32. The Morgan fingerprint density at radius 3 is 2.84 bits per heavy atom. The summed E-state index contributed by atoms with van der Waals surface area (Å²) >= 11 is 0. The van der Waals surface area contributed by atoms with Crippen LogP contribution in [0.4, 0.5) is 9.18 Å². The Morgan fingerprint density at radius 1 is 1.11 bits per heavy atom. The lowest BCUT2D eigenvalue weighted by atomic mass is 10.0. The summed E-state index contributed by atoms with van der Waals surface area (Å²) in [5.74, 6) is -0.882. The molecule has 2 amide bonds. The quantitative estimate of drug-likeness (QED) is 0.446. The number of halogens is 1. The molecule has 188 valence electrons. The van der Waals surface area contributed by atoms with Crippen molar-refractivity contribution in [2.75, 3.05) is 26.1 Å². The summed E-state index contributed by atoms with van der Waals surface area (Å²) in [6.07, 6.45) is -5.95. The number of rotatable bonds is 2. The van der Waals surface area contributed by atoms with Crippen molar-refractivity contribution in [1.29, 1.82) is 0 Å². The van der Waals surface area contributed by atoms with Crippen LogP contribution < -0.4 is 5.32 Å². The summed E-state index contributed by atoms with van der Waals surface area (Å²) in [7, 11) is 0. The molecule has 6 heterocycles. The highest BCUT2D eigenvalue weighted by atomic mass is 19.1. The molecule has 0 unspecified atom stereocenters. The number of nitrogens with zero attached hydrogens (tertiary/aromatic N) is 5. The van der Waals surface area contributed by atoms with E-state index in [0.717, 1.165) is 11.0 Å². The number of urea groups is 1. The van der Waals surface area contributed by atoms with E-state index in [-0.39, 0.29) is 42.4 Å². The molecular weight excluding hydrogens is 471 g/mol. The lowest BCUT2D eigenvalue weighted by Crippen LogP contribution is -2.45. The van der Waals surface area contributed by atoms with Crippen molar-refractivity contribution in [3.63, 3.8) is 0 Å². The topological polar surface area (TPSA) is 74.9 Å². The van der Waals surface area contributed by atoms with Crippen LogP contribution in [0.1, 0.15) is 49.6 Å². The summed E-state index contributed by atoms with van der Waals surface area (Å²) in [4.78, 5) is 32.3. The Hall–Kier alpha value is -4.14. The van der Waals surface area contributed by atoms with Crippen molar-refractivity contribution in [3.05, 3.63) is 71.6 Å². The van der Waals surface area contributed by atoms with E-state index in [1.807, 2.05) is 6.07 Å². The van der Waals surface area contributed by atoms with Gasteiger partial charge in [0, 0.05) is 69.7 Å². The smallest absolute Gasteiger partial charge is 0.320 e. The fourth-order valence-corrected chi connectivity index (χ4v) is 5.23. The largest absolute Gasteiger partial charge is 0.376 e. The fraction of sp³-hybridized carbons (Fsp3) is 0.321. The summed E-state index contributed by atoms with van der Waals surface area (Å²) < 4.78 is 101. The minimum Gasteiger partial charge on any atom is -0.376 e. The Balaban J connectivity index is 1.32. The number of benzene rings is 1. The molecule has 3 aliphatic rings. The van der Waals surface area contributed by atoms with Gasteiger partial charge in [-0.15, -0.1) is 0 Å². The number of piperidine rings is 1. The zero-order valence-electron chi connectivity index (χ0n) is 29.4. The van der Waals surface area contributed by atoms with Crippen LogP contribution in [0.5, 0.6) is 0 Å². The summed E-state index contributed by atoms with van der Waals surface area (Å²) in [6, 6.07) is 6.45. The standard InChI is InChI=1S/C28H27FN6O2/c29-19-12-18-16-34(28(37)32-7-3-1-4-8-32)11-10-33-17-21(20(13-19)27(18)33)26-25(23(36)15-31-26)22-14-30-24-6-2-5-9-35(22)24/h2,5-6,9,12-14,17,31H,1,3-4,7-8,10-11,15-16H2/i1D2,3D2,4D2,7D2,8D2. The van der Waals surface area contributed by atoms with Crippen molar-refractivity contribution >= 4 is 39.6 Å². The van der Waals surface area contributed by atoms with Crippen molar-refractivity contribution < 1.29 is 27.7 Å². The van der Waals surface area contributed by atoms with Gasteiger partial charge in [-0.1, -0.05) is 6.07 Å². The van der Waals surface area contributed by atoms with Gasteiger partial charge in [-0.05, 0) is 48.9 Å². The molecule has 0 aliphatic carbocycles. The lowest BCUT2D eigenvalue weighted by Gasteiger charge is -2.32. The molecule has 0 spiro atoms. The first-order valence-corrected chi connectivity index (χ1v) is 11.7. The minimum absolute atomic E-state index is 0.000594. The van der Waals surface area contributed by atoms with Gasteiger partial charge in [0.05, 0.1) is 35.2 Å². The molecule has 3 aliphatic heterocycles. The molecular formula is C28H27FN6O2. The Morgan fingerprint density at radius 2 is 1.97 bits per heavy atom. The van der Waals surface area contributed by atoms with Crippen molar-refractivity contribution in [1.82, 2.24) is 29.1 Å². The van der Waals surface area contributed by atoms with Crippen LogP contribution in [-0.2, 0) is 17.9 Å². The third-order valence-corrected chi connectivity index (χ3v) is 6.81. The Labute approximate surface area is 227 Å². The summed E-state index contributed by atoms with van der Waals surface area (Å²) in [6.45, 7) is -7.81. The van der Waals surface area contributed by atoms with Crippen LogP contribution in [0.2, 0.25) is 0 Å². The zero-order valence-corrected chi connectivity index (χ0v) is 19.4. The highest BCUT2D eigenvalue weighted by Gasteiger charge is 2.32. The first-order chi connectivity index (χ1) is 21.8. The van der Waals surface area contributed by atoms with Crippen molar-refractivity contribution in [2.24, 2.45) is 0 Å². The van der Waals surface area contributed by atoms with Crippen LogP contribution in [0.15, 0.2) is 48.9 Å². The van der Waals surface area contributed by atoms with Crippen LogP contribution in [0.25, 0.3) is 27.8 Å². The molecule has 9 heteroatoms. The van der Waals surface area contributed by atoms with E-state index >= 15 is 4.39 Å². The number of Topliss-reactive ketones (excluding diaryl/α,β-unsaturated/α-hetero) is 1. The van der Waals surface area contributed by atoms with Gasteiger partial charge in [0.1, 0.15) is 11.5 Å². The molecule has 37 heavy (non-hydrogen) atoms. The van der Waals surface area contributed by atoms with Gasteiger partial charge in [-0.25, -0.2) is 14.2 Å². The van der Waals surface area contributed by atoms with Crippen LogP contribution in [0, 0.1) is 5.82 Å². The average Bonchev–Trinajstić information content (AvgIpc) is 3.64. The number of nitrogens with one attached hydrogen (secondary N) is 1. The number of hydrogen-bond donors (Lipinski definition) is 1. The second-order valence-corrected chi connectivity index (χ2v) is 8.93. The third kappa shape index (κ3) is 3.52. The van der Waals surface area contributed by atoms with E-state index < -0.39 is 44.0 Å². The lowest BCUT2D eigenvalue weighted by molar-refractivity contribution is -0.112. The molecule has 0 radical (unpaired) electrons.